The fourth-order valence-corrected chi connectivity index (χ4v) is 10.9. The number of hydrogen-bond acceptors (Lipinski definition) is 5. The van der Waals surface area contributed by atoms with Crippen LogP contribution in [-0.2, 0) is 15.8 Å². The number of nitrogens with zero attached hydrogens (tertiary/aromatic N) is 2. The molecule has 1 N–H and O–H groups in total. The van der Waals surface area contributed by atoms with Gasteiger partial charge in [-0.3, -0.25) is 4.98 Å². The second kappa shape index (κ2) is 12.7. The van der Waals surface area contributed by atoms with Crippen molar-refractivity contribution in [3.8, 4) is 0 Å². The van der Waals surface area contributed by atoms with E-state index in [-0.39, 0.29) is 40.8 Å². The van der Waals surface area contributed by atoms with Gasteiger partial charge in [0.1, 0.15) is 6.10 Å². The zero-order valence-electron chi connectivity index (χ0n) is 25.4. The molecule has 0 spiro atoms. The first-order valence-corrected chi connectivity index (χ1v) is 16.7. The summed E-state index contributed by atoms with van der Waals surface area (Å²) >= 11 is 0. The molecule has 3 aromatic carbocycles. The fourth-order valence-electron chi connectivity index (χ4n) is 6.35. The summed E-state index contributed by atoms with van der Waals surface area (Å²) in [6.45, 7) is 11.2. The maximum atomic E-state index is 16.3. The third-order valence-electron chi connectivity index (χ3n) is 8.15. The van der Waals surface area contributed by atoms with Gasteiger partial charge in [0.15, 0.2) is 11.6 Å². The summed E-state index contributed by atoms with van der Waals surface area (Å²) in [5, 5.41) is 13.0. The van der Waals surface area contributed by atoms with Crippen LogP contribution in [0.3, 0.4) is 0 Å². The molecule has 3 unspecified atom stereocenters. The molecule has 2 heterocycles. The van der Waals surface area contributed by atoms with Gasteiger partial charge in [-0.25, -0.2) is 8.78 Å². The number of morpholine rings is 1. The molecule has 1 fully saturated rings. The van der Waals surface area contributed by atoms with Gasteiger partial charge in [0.25, 0.3) is 8.32 Å². The number of aromatic nitrogens is 1. The fraction of sp³-hybridized carbons (Fsp3) is 0.343. The minimum absolute atomic E-state index is 0.0157. The molecule has 226 valence electrons. The van der Waals surface area contributed by atoms with E-state index in [0.29, 0.717) is 18.7 Å². The van der Waals surface area contributed by atoms with Gasteiger partial charge in [-0.15, -0.1) is 0 Å². The Labute approximate surface area is 254 Å². The number of rotatable bonds is 8. The molecule has 5 rings (SSSR count). The van der Waals surface area contributed by atoms with Crippen molar-refractivity contribution in [3.05, 3.63) is 120 Å². The predicted octanol–water partition coefficient (Wildman–Crippen LogP) is 6.13. The van der Waals surface area contributed by atoms with Crippen LogP contribution in [-0.4, -0.2) is 43.7 Å². The molecule has 8 heteroatoms. The van der Waals surface area contributed by atoms with Gasteiger partial charge < -0.3 is 19.2 Å². The molecule has 43 heavy (non-hydrogen) atoms. The van der Waals surface area contributed by atoms with Crippen LogP contribution in [0.25, 0.3) is 0 Å². The van der Waals surface area contributed by atoms with Crippen molar-refractivity contribution in [3.63, 3.8) is 0 Å². The Hall–Kier alpha value is -3.43. The molecule has 0 radical (unpaired) electrons. The summed E-state index contributed by atoms with van der Waals surface area (Å²) < 4.78 is 45.3. The highest BCUT2D eigenvalue weighted by Crippen LogP contribution is 2.40. The molecule has 5 nitrogen and oxygen atoms in total. The average Bonchev–Trinajstić information content (AvgIpc) is 2.99. The maximum absolute atomic E-state index is 16.3. The van der Waals surface area contributed by atoms with Gasteiger partial charge in [-0.05, 0) is 47.5 Å². The van der Waals surface area contributed by atoms with E-state index in [0.717, 1.165) is 10.4 Å². The smallest absolute Gasteiger partial charge is 0.261 e. The Morgan fingerprint density at radius 2 is 1.47 bits per heavy atom. The van der Waals surface area contributed by atoms with E-state index in [9.17, 15) is 5.11 Å². The number of benzene rings is 3. The Morgan fingerprint density at radius 1 is 0.907 bits per heavy atom. The first-order chi connectivity index (χ1) is 20.5. The van der Waals surface area contributed by atoms with E-state index in [2.05, 4.69) is 50.0 Å². The second-order valence-corrected chi connectivity index (χ2v) is 16.7. The van der Waals surface area contributed by atoms with Gasteiger partial charge in [0.05, 0.1) is 30.2 Å². The highest BCUT2D eigenvalue weighted by molar-refractivity contribution is 6.99. The highest BCUT2D eigenvalue weighted by atomic mass is 28.4. The number of halogens is 2. The third-order valence-corrected chi connectivity index (χ3v) is 13.1. The quantitative estimate of drug-likeness (QED) is 0.246. The van der Waals surface area contributed by atoms with Gasteiger partial charge in [0, 0.05) is 30.4 Å². The largest absolute Gasteiger partial charge is 0.403 e. The summed E-state index contributed by atoms with van der Waals surface area (Å²) in [4.78, 5) is 6.04. The van der Waals surface area contributed by atoms with Crippen molar-refractivity contribution < 1.29 is 23.1 Å². The van der Waals surface area contributed by atoms with E-state index in [1.165, 1.54) is 6.20 Å². The van der Waals surface area contributed by atoms with Gasteiger partial charge in [0.2, 0.25) is 0 Å². The molecular formula is C35H40F2N2O3Si. The van der Waals surface area contributed by atoms with Crippen LogP contribution in [0.2, 0.25) is 5.04 Å². The molecule has 4 aromatic rings. The van der Waals surface area contributed by atoms with Gasteiger partial charge in [-0.2, -0.15) is 0 Å². The topological polar surface area (TPSA) is 54.8 Å². The lowest BCUT2D eigenvalue weighted by atomic mass is 9.99. The summed E-state index contributed by atoms with van der Waals surface area (Å²) in [6, 6.07) is 26.9. The zero-order chi connectivity index (χ0) is 30.8. The van der Waals surface area contributed by atoms with E-state index >= 15 is 8.78 Å². The lowest BCUT2D eigenvalue weighted by molar-refractivity contribution is -0.00554. The summed E-state index contributed by atoms with van der Waals surface area (Å²) in [7, 11) is -3.01. The molecule has 1 saturated heterocycles. The SMILES string of the molecule is CC1CN(c2c(CO[Si](c3ccccc3)(c3ccccc3)C(C)(C)C)cc(C(O)c3ccccn3)c(F)c2F)CC(C)O1. The Kier molecular flexibility index (Phi) is 9.13. The summed E-state index contributed by atoms with van der Waals surface area (Å²) in [5.74, 6) is -2.09. The van der Waals surface area contributed by atoms with Crippen LogP contribution in [0.1, 0.15) is 57.5 Å². The molecule has 1 aromatic heterocycles. The van der Waals surface area contributed by atoms with Crippen molar-refractivity contribution in [2.24, 2.45) is 0 Å². The first kappa shape index (κ1) is 31.0. The highest BCUT2D eigenvalue weighted by Gasteiger charge is 2.50. The van der Waals surface area contributed by atoms with Crippen LogP contribution < -0.4 is 15.3 Å². The van der Waals surface area contributed by atoms with Crippen molar-refractivity contribution in [1.82, 2.24) is 4.98 Å². The molecular weight excluding hydrogens is 562 g/mol. The molecule has 3 atom stereocenters. The van der Waals surface area contributed by atoms with Crippen LogP contribution in [0.15, 0.2) is 91.1 Å². The lowest BCUT2D eigenvalue weighted by Gasteiger charge is -2.43. The van der Waals surface area contributed by atoms with E-state index < -0.39 is 26.1 Å². The normalized spacial score (nSPS) is 18.5. The van der Waals surface area contributed by atoms with Crippen LogP contribution in [0.5, 0.6) is 0 Å². The van der Waals surface area contributed by atoms with E-state index in [1.54, 1.807) is 24.3 Å². The Balaban J connectivity index is 1.67. The number of ether oxygens (including phenoxy) is 1. The van der Waals surface area contributed by atoms with Crippen LogP contribution in [0, 0.1) is 11.6 Å². The zero-order valence-corrected chi connectivity index (χ0v) is 26.4. The number of hydrogen-bond donors (Lipinski definition) is 1. The molecule has 1 aliphatic rings. The Morgan fingerprint density at radius 3 is 1.98 bits per heavy atom. The van der Waals surface area contributed by atoms with Gasteiger partial charge >= 0.3 is 0 Å². The van der Waals surface area contributed by atoms with E-state index in [1.807, 2.05) is 55.1 Å². The van der Waals surface area contributed by atoms with E-state index in [4.69, 9.17) is 9.16 Å². The number of aliphatic hydroxyl groups is 1. The molecule has 0 bridgehead atoms. The second-order valence-electron chi connectivity index (χ2n) is 12.4. The van der Waals surface area contributed by atoms with Gasteiger partial charge in [-0.1, -0.05) is 87.5 Å². The summed E-state index contributed by atoms with van der Waals surface area (Å²) in [6.07, 6.45) is -0.269. The third kappa shape index (κ3) is 6.15. The van der Waals surface area contributed by atoms with Crippen LogP contribution in [0.4, 0.5) is 14.5 Å². The molecule has 0 amide bonds. The predicted molar refractivity (Wildman–Crippen MR) is 169 cm³/mol. The molecule has 0 aliphatic carbocycles. The lowest BCUT2D eigenvalue weighted by Crippen LogP contribution is -2.66. The number of aliphatic hydroxyl groups excluding tert-OH is 1. The minimum Gasteiger partial charge on any atom is -0.403 e. The van der Waals surface area contributed by atoms with Crippen molar-refractivity contribution >= 4 is 24.4 Å². The van der Waals surface area contributed by atoms with Crippen LogP contribution >= 0.6 is 0 Å². The van der Waals surface area contributed by atoms with Crippen molar-refractivity contribution in [2.75, 3.05) is 18.0 Å². The maximum Gasteiger partial charge on any atom is 0.261 e. The Bertz CT molecular complexity index is 1470. The molecule has 0 saturated carbocycles. The standard InChI is InChI=1S/C35H40F2N2O3Si/c1-24-21-39(22-25(2)42-24)33-26(20-29(31(36)32(33)37)34(40)30-18-12-13-19-38-30)23-41-43(35(3,4)5,27-14-8-6-9-15-27)28-16-10-7-11-17-28/h6-20,24-25,34,40H,21-23H2,1-5H3. The average molecular weight is 603 g/mol. The number of pyridine rings is 1. The number of anilines is 1. The molecule has 1 aliphatic heterocycles. The van der Waals surface area contributed by atoms with Crippen molar-refractivity contribution in [1.29, 1.82) is 0 Å². The summed E-state index contributed by atoms with van der Waals surface area (Å²) in [5.41, 5.74) is 0.684. The first-order valence-electron chi connectivity index (χ1n) is 14.8. The van der Waals surface area contributed by atoms with Crippen molar-refractivity contribution in [2.45, 2.75) is 64.6 Å². The monoisotopic (exact) mass is 602 g/mol. The minimum atomic E-state index is -3.01.